The third-order valence-corrected chi connectivity index (χ3v) is 3.25. The Morgan fingerprint density at radius 3 is 2.65 bits per heavy atom. The molecule has 4 heteroatoms. The van der Waals surface area contributed by atoms with Gasteiger partial charge < -0.3 is 10.1 Å². The van der Waals surface area contributed by atoms with Crippen molar-refractivity contribution in [3.05, 3.63) is 35.5 Å². The lowest BCUT2D eigenvalue weighted by atomic mass is 10.1. The van der Waals surface area contributed by atoms with Crippen LogP contribution in [0.15, 0.2) is 24.3 Å². The maximum absolute atomic E-state index is 5.26. The van der Waals surface area contributed by atoms with Crippen LogP contribution in [0.4, 0.5) is 5.82 Å². The van der Waals surface area contributed by atoms with Crippen LogP contribution in [0.5, 0.6) is 5.75 Å². The van der Waals surface area contributed by atoms with Crippen molar-refractivity contribution in [3.8, 4) is 17.1 Å². The highest BCUT2D eigenvalue weighted by molar-refractivity contribution is 5.61. The second-order valence-corrected chi connectivity index (χ2v) is 4.58. The first kappa shape index (κ1) is 14.3. The molecular formula is C16H21N3O. The van der Waals surface area contributed by atoms with E-state index in [1.54, 1.807) is 7.11 Å². The molecule has 0 spiro atoms. The minimum Gasteiger partial charge on any atom is -0.497 e. The molecule has 0 atom stereocenters. The Kier molecular flexibility index (Phi) is 4.56. The summed E-state index contributed by atoms with van der Waals surface area (Å²) >= 11 is 0. The summed E-state index contributed by atoms with van der Waals surface area (Å²) < 4.78 is 5.26. The van der Waals surface area contributed by atoms with E-state index in [4.69, 9.17) is 4.74 Å². The highest BCUT2D eigenvalue weighted by atomic mass is 16.5. The summed E-state index contributed by atoms with van der Waals surface area (Å²) in [4.78, 5) is 9.31. The van der Waals surface area contributed by atoms with Gasteiger partial charge in [-0.2, -0.15) is 0 Å². The van der Waals surface area contributed by atoms with Gasteiger partial charge in [-0.15, -0.1) is 0 Å². The molecule has 0 saturated carbocycles. The summed E-state index contributed by atoms with van der Waals surface area (Å²) in [7, 11) is 1.66. The molecule has 1 heterocycles. The molecule has 1 aromatic carbocycles. The second kappa shape index (κ2) is 6.37. The maximum Gasteiger partial charge on any atom is 0.161 e. The van der Waals surface area contributed by atoms with Gasteiger partial charge in [0.1, 0.15) is 11.6 Å². The zero-order valence-electron chi connectivity index (χ0n) is 12.5. The largest absolute Gasteiger partial charge is 0.497 e. The molecule has 0 aliphatic heterocycles. The van der Waals surface area contributed by atoms with Gasteiger partial charge in [-0.1, -0.05) is 19.1 Å². The molecule has 0 bridgehead atoms. The van der Waals surface area contributed by atoms with Crippen LogP contribution >= 0.6 is 0 Å². The zero-order valence-corrected chi connectivity index (χ0v) is 12.5. The Hall–Kier alpha value is -2.10. The second-order valence-electron chi connectivity index (χ2n) is 4.58. The monoisotopic (exact) mass is 271 g/mol. The quantitative estimate of drug-likeness (QED) is 0.904. The standard InChI is InChI=1S/C16H21N3O/c1-5-14-11(3)15(17-6-2)19-16(18-14)12-8-7-9-13(10-12)20-4/h7-10H,5-6H2,1-4H3,(H,17,18,19). The highest BCUT2D eigenvalue weighted by Gasteiger charge is 2.11. The van der Waals surface area contributed by atoms with Crippen molar-refractivity contribution in [1.29, 1.82) is 0 Å². The number of benzene rings is 1. The number of anilines is 1. The first-order chi connectivity index (χ1) is 9.69. The number of ether oxygens (including phenoxy) is 1. The van der Waals surface area contributed by atoms with E-state index in [9.17, 15) is 0 Å². The van der Waals surface area contributed by atoms with E-state index in [1.807, 2.05) is 24.3 Å². The molecule has 0 unspecified atom stereocenters. The third kappa shape index (κ3) is 2.90. The molecule has 4 nitrogen and oxygen atoms in total. The maximum atomic E-state index is 5.26. The van der Waals surface area contributed by atoms with Crippen LogP contribution in [0.2, 0.25) is 0 Å². The van der Waals surface area contributed by atoms with Crippen LogP contribution in [-0.4, -0.2) is 23.6 Å². The van der Waals surface area contributed by atoms with E-state index < -0.39 is 0 Å². The molecule has 0 aliphatic carbocycles. The van der Waals surface area contributed by atoms with E-state index in [-0.39, 0.29) is 0 Å². The van der Waals surface area contributed by atoms with Crippen molar-refractivity contribution < 1.29 is 4.74 Å². The molecule has 0 radical (unpaired) electrons. The van der Waals surface area contributed by atoms with E-state index in [0.717, 1.165) is 47.2 Å². The molecule has 0 amide bonds. The Balaban J connectivity index is 2.52. The lowest BCUT2D eigenvalue weighted by Crippen LogP contribution is -2.07. The van der Waals surface area contributed by atoms with Crippen LogP contribution in [0.3, 0.4) is 0 Å². The number of hydrogen-bond acceptors (Lipinski definition) is 4. The van der Waals surface area contributed by atoms with Crippen molar-refractivity contribution >= 4 is 5.82 Å². The summed E-state index contributed by atoms with van der Waals surface area (Å²) in [5, 5.41) is 3.31. The van der Waals surface area contributed by atoms with Crippen molar-refractivity contribution in [3.63, 3.8) is 0 Å². The number of hydrogen-bond donors (Lipinski definition) is 1. The fourth-order valence-electron chi connectivity index (χ4n) is 2.14. The predicted molar refractivity (Wildman–Crippen MR) is 82.3 cm³/mol. The average Bonchev–Trinajstić information content (AvgIpc) is 2.49. The lowest BCUT2D eigenvalue weighted by molar-refractivity contribution is 0.415. The van der Waals surface area contributed by atoms with Gasteiger partial charge in [-0.05, 0) is 32.4 Å². The smallest absolute Gasteiger partial charge is 0.161 e. The van der Waals surface area contributed by atoms with Crippen molar-refractivity contribution in [2.45, 2.75) is 27.2 Å². The van der Waals surface area contributed by atoms with Crippen LogP contribution < -0.4 is 10.1 Å². The van der Waals surface area contributed by atoms with Gasteiger partial charge in [0.15, 0.2) is 5.82 Å². The number of nitrogens with zero attached hydrogens (tertiary/aromatic N) is 2. The van der Waals surface area contributed by atoms with Gasteiger partial charge >= 0.3 is 0 Å². The number of nitrogens with one attached hydrogen (secondary N) is 1. The highest BCUT2D eigenvalue weighted by Crippen LogP contribution is 2.25. The summed E-state index contributed by atoms with van der Waals surface area (Å²) in [6.07, 6.45) is 0.893. The lowest BCUT2D eigenvalue weighted by Gasteiger charge is -2.12. The summed E-state index contributed by atoms with van der Waals surface area (Å²) in [5.74, 6) is 2.47. The Bertz CT molecular complexity index is 596. The fourth-order valence-corrected chi connectivity index (χ4v) is 2.14. The van der Waals surface area contributed by atoms with Gasteiger partial charge in [0.05, 0.1) is 7.11 Å². The molecule has 106 valence electrons. The number of rotatable bonds is 5. The van der Waals surface area contributed by atoms with E-state index in [0.29, 0.717) is 0 Å². The summed E-state index contributed by atoms with van der Waals surface area (Å²) in [6, 6.07) is 7.84. The zero-order chi connectivity index (χ0) is 14.5. The van der Waals surface area contributed by atoms with Crippen LogP contribution in [0, 0.1) is 6.92 Å². The first-order valence-corrected chi connectivity index (χ1v) is 6.95. The molecule has 0 aliphatic rings. The van der Waals surface area contributed by atoms with Gasteiger partial charge in [0.2, 0.25) is 0 Å². The van der Waals surface area contributed by atoms with Crippen LogP contribution in [-0.2, 0) is 6.42 Å². The summed E-state index contributed by atoms with van der Waals surface area (Å²) in [6.45, 7) is 7.09. The summed E-state index contributed by atoms with van der Waals surface area (Å²) in [5.41, 5.74) is 3.17. The van der Waals surface area contributed by atoms with Crippen molar-refractivity contribution in [1.82, 2.24) is 9.97 Å². The number of aromatic nitrogens is 2. The number of aryl methyl sites for hydroxylation is 1. The van der Waals surface area contributed by atoms with Gasteiger partial charge in [-0.3, -0.25) is 0 Å². The SMILES string of the molecule is CCNc1nc(-c2cccc(OC)c2)nc(CC)c1C. The fraction of sp³-hybridized carbons (Fsp3) is 0.375. The Morgan fingerprint density at radius 1 is 1.20 bits per heavy atom. The van der Waals surface area contributed by atoms with E-state index in [2.05, 4.69) is 36.1 Å². The van der Waals surface area contributed by atoms with E-state index >= 15 is 0 Å². The van der Waals surface area contributed by atoms with Crippen molar-refractivity contribution in [2.75, 3.05) is 19.0 Å². The normalized spacial score (nSPS) is 10.4. The molecule has 0 saturated heterocycles. The molecular weight excluding hydrogens is 250 g/mol. The van der Waals surface area contributed by atoms with Gasteiger partial charge in [-0.25, -0.2) is 9.97 Å². The molecule has 2 rings (SSSR count). The minimum atomic E-state index is 0.738. The predicted octanol–water partition coefficient (Wildman–Crippen LogP) is 3.45. The third-order valence-electron chi connectivity index (χ3n) is 3.25. The molecule has 2 aromatic rings. The molecule has 0 fully saturated rings. The number of methoxy groups -OCH3 is 1. The molecule has 1 N–H and O–H groups in total. The Morgan fingerprint density at radius 2 is 2.00 bits per heavy atom. The molecule has 1 aromatic heterocycles. The van der Waals surface area contributed by atoms with Gasteiger partial charge in [0.25, 0.3) is 0 Å². The van der Waals surface area contributed by atoms with Crippen molar-refractivity contribution in [2.24, 2.45) is 0 Å². The first-order valence-electron chi connectivity index (χ1n) is 6.95. The average molecular weight is 271 g/mol. The topological polar surface area (TPSA) is 47.0 Å². The minimum absolute atomic E-state index is 0.738. The van der Waals surface area contributed by atoms with E-state index in [1.165, 1.54) is 0 Å². The van der Waals surface area contributed by atoms with Crippen LogP contribution in [0.1, 0.15) is 25.1 Å². The molecule has 20 heavy (non-hydrogen) atoms. The Labute approximate surface area is 120 Å². The van der Waals surface area contributed by atoms with Gasteiger partial charge in [0, 0.05) is 23.4 Å². The van der Waals surface area contributed by atoms with Crippen LogP contribution in [0.25, 0.3) is 11.4 Å².